The molecule has 4 nitrogen and oxygen atoms in total. The maximum absolute atomic E-state index is 13.2. The van der Waals surface area contributed by atoms with Crippen LogP contribution in [0.3, 0.4) is 0 Å². The van der Waals surface area contributed by atoms with Crippen LogP contribution in [0.25, 0.3) is 0 Å². The van der Waals surface area contributed by atoms with Crippen LogP contribution in [0.4, 0.5) is 0 Å². The molecule has 0 N–H and O–H groups in total. The Morgan fingerprint density at radius 1 is 0.931 bits per heavy atom. The number of carbonyl (C=O) groups excluding carboxylic acids is 1. The minimum absolute atomic E-state index is 0.0986. The molecule has 1 amide bonds. The molecule has 1 aromatic heterocycles. The lowest BCUT2D eigenvalue weighted by atomic mass is 10.1. The molecule has 3 rings (SSSR count). The molecule has 0 bridgehead atoms. The molecule has 1 unspecified atom stereocenters. The molecule has 3 aromatic rings. The number of nitrogens with zero attached hydrogens (tertiary/aromatic N) is 1. The summed E-state index contributed by atoms with van der Waals surface area (Å²) in [5, 5.41) is 2.08. The number of amides is 1. The van der Waals surface area contributed by atoms with Crippen molar-refractivity contribution in [1.82, 2.24) is 4.90 Å². The molecule has 1 heterocycles. The van der Waals surface area contributed by atoms with Gasteiger partial charge in [-0.3, -0.25) is 4.79 Å². The number of hydrogen-bond acceptors (Lipinski definition) is 4. The largest absolute Gasteiger partial charge is 0.497 e. The molecule has 0 saturated heterocycles. The highest BCUT2D eigenvalue weighted by molar-refractivity contribution is 7.09. The van der Waals surface area contributed by atoms with E-state index in [0.717, 1.165) is 29.0 Å². The summed E-state index contributed by atoms with van der Waals surface area (Å²) in [6.07, 6.45) is 1.22. The number of hydrogen-bond donors (Lipinski definition) is 0. The van der Waals surface area contributed by atoms with Crippen LogP contribution < -0.4 is 9.47 Å². The Kier molecular flexibility index (Phi) is 7.30. The van der Waals surface area contributed by atoms with Crippen molar-refractivity contribution in [3.63, 3.8) is 0 Å². The van der Waals surface area contributed by atoms with Gasteiger partial charge >= 0.3 is 0 Å². The lowest BCUT2D eigenvalue weighted by Gasteiger charge is -2.29. The molecule has 5 heteroatoms. The van der Waals surface area contributed by atoms with Crippen molar-refractivity contribution in [2.45, 2.75) is 32.4 Å². The standard InChI is InChI=1S/C24H27NO3S/c1-18(15-23-5-4-14-29-23)25(17-20-8-12-22(28-3)13-9-20)24(26)16-19-6-10-21(27-2)11-7-19/h4-14,18H,15-17H2,1-3H3. The SMILES string of the molecule is COc1ccc(CC(=O)N(Cc2ccc(OC)cc2)C(C)Cc2cccs2)cc1. The third kappa shape index (κ3) is 5.84. The van der Waals surface area contributed by atoms with E-state index in [1.807, 2.05) is 53.4 Å². The van der Waals surface area contributed by atoms with Crippen molar-refractivity contribution in [1.29, 1.82) is 0 Å². The second kappa shape index (κ2) is 10.1. The molecule has 2 aromatic carbocycles. The normalized spacial score (nSPS) is 11.7. The third-order valence-corrected chi connectivity index (χ3v) is 5.85. The van der Waals surface area contributed by atoms with Gasteiger partial charge in [0.15, 0.2) is 0 Å². The highest BCUT2D eigenvalue weighted by Crippen LogP contribution is 2.20. The van der Waals surface area contributed by atoms with Gasteiger partial charge in [-0.15, -0.1) is 11.3 Å². The molecule has 0 radical (unpaired) electrons. The molecule has 0 saturated carbocycles. The van der Waals surface area contributed by atoms with Crippen molar-refractivity contribution in [2.75, 3.05) is 14.2 Å². The van der Waals surface area contributed by atoms with Gasteiger partial charge in [0, 0.05) is 23.9 Å². The Bertz CT molecular complexity index is 889. The molecule has 0 spiro atoms. The number of methoxy groups -OCH3 is 2. The summed E-state index contributed by atoms with van der Waals surface area (Å²) in [6.45, 7) is 2.70. The highest BCUT2D eigenvalue weighted by Gasteiger charge is 2.21. The number of thiophene rings is 1. The van der Waals surface area contributed by atoms with E-state index in [4.69, 9.17) is 9.47 Å². The second-order valence-electron chi connectivity index (χ2n) is 7.03. The fraction of sp³-hybridized carbons (Fsp3) is 0.292. The first-order chi connectivity index (χ1) is 14.1. The molecule has 0 aliphatic carbocycles. The molecular formula is C24H27NO3S. The van der Waals surface area contributed by atoms with Gasteiger partial charge in [0.1, 0.15) is 11.5 Å². The monoisotopic (exact) mass is 409 g/mol. The fourth-order valence-corrected chi connectivity index (χ4v) is 4.09. The zero-order chi connectivity index (χ0) is 20.6. The fourth-order valence-electron chi connectivity index (χ4n) is 3.27. The average Bonchev–Trinajstić information content (AvgIpc) is 3.25. The third-order valence-electron chi connectivity index (χ3n) is 4.96. The number of carbonyl (C=O) groups is 1. The summed E-state index contributed by atoms with van der Waals surface area (Å²) in [7, 11) is 3.30. The predicted octanol–water partition coefficient (Wildman–Crippen LogP) is 4.97. The zero-order valence-corrected chi connectivity index (χ0v) is 17.9. The predicted molar refractivity (Wildman–Crippen MR) is 118 cm³/mol. The quantitative estimate of drug-likeness (QED) is 0.501. The van der Waals surface area contributed by atoms with Crippen LogP contribution in [0.1, 0.15) is 22.9 Å². The summed E-state index contributed by atoms with van der Waals surface area (Å²) in [5.74, 6) is 1.73. The second-order valence-corrected chi connectivity index (χ2v) is 8.06. The maximum Gasteiger partial charge on any atom is 0.227 e. The van der Waals surface area contributed by atoms with Crippen LogP contribution in [0, 0.1) is 0 Å². The van der Waals surface area contributed by atoms with Gasteiger partial charge in [0.2, 0.25) is 5.91 Å². The topological polar surface area (TPSA) is 38.8 Å². The molecule has 0 aliphatic rings. The first-order valence-electron chi connectivity index (χ1n) is 9.66. The van der Waals surface area contributed by atoms with E-state index in [0.29, 0.717) is 13.0 Å². The van der Waals surface area contributed by atoms with Crippen molar-refractivity contribution in [2.24, 2.45) is 0 Å². The first-order valence-corrected chi connectivity index (χ1v) is 10.5. The number of rotatable bonds is 9. The van der Waals surface area contributed by atoms with Gasteiger partial charge in [0.25, 0.3) is 0 Å². The highest BCUT2D eigenvalue weighted by atomic mass is 32.1. The van der Waals surface area contributed by atoms with E-state index in [1.165, 1.54) is 4.88 Å². The van der Waals surface area contributed by atoms with Gasteiger partial charge in [-0.1, -0.05) is 30.3 Å². The van der Waals surface area contributed by atoms with Crippen molar-refractivity contribution >= 4 is 17.2 Å². The van der Waals surface area contributed by atoms with Gasteiger partial charge in [-0.05, 0) is 53.8 Å². The van der Waals surface area contributed by atoms with Gasteiger partial charge in [-0.2, -0.15) is 0 Å². The van der Waals surface area contributed by atoms with E-state index < -0.39 is 0 Å². The summed E-state index contributed by atoms with van der Waals surface area (Å²) in [5.41, 5.74) is 2.07. The van der Waals surface area contributed by atoms with E-state index in [9.17, 15) is 4.79 Å². The summed E-state index contributed by atoms with van der Waals surface area (Å²) in [4.78, 5) is 16.5. The Balaban J connectivity index is 1.76. The Morgan fingerprint density at radius 3 is 2.03 bits per heavy atom. The first kappa shape index (κ1) is 20.9. The van der Waals surface area contributed by atoms with Crippen LogP contribution in [0.5, 0.6) is 11.5 Å². The van der Waals surface area contributed by atoms with Gasteiger partial charge < -0.3 is 14.4 Å². The summed E-state index contributed by atoms with van der Waals surface area (Å²) in [6, 6.07) is 19.9. The molecule has 1 atom stereocenters. The lowest BCUT2D eigenvalue weighted by molar-refractivity contribution is -0.133. The minimum atomic E-state index is 0.0986. The maximum atomic E-state index is 13.2. The smallest absolute Gasteiger partial charge is 0.227 e. The van der Waals surface area contributed by atoms with Crippen LogP contribution in [0.2, 0.25) is 0 Å². The van der Waals surface area contributed by atoms with Crippen LogP contribution in [-0.4, -0.2) is 31.1 Å². The summed E-state index contributed by atoms with van der Waals surface area (Å²) < 4.78 is 10.5. The van der Waals surface area contributed by atoms with Crippen LogP contribution in [-0.2, 0) is 24.2 Å². The number of benzene rings is 2. The zero-order valence-electron chi connectivity index (χ0n) is 17.1. The summed E-state index contributed by atoms with van der Waals surface area (Å²) >= 11 is 1.73. The molecular weight excluding hydrogens is 382 g/mol. The lowest BCUT2D eigenvalue weighted by Crippen LogP contribution is -2.40. The molecule has 152 valence electrons. The van der Waals surface area contributed by atoms with E-state index in [1.54, 1.807) is 25.6 Å². The van der Waals surface area contributed by atoms with Crippen molar-refractivity contribution in [3.05, 3.63) is 82.0 Å². The van der Waals surface area contributed by atoms with Crippen LogP contribution in [0.15, 0.2) is 66.0 Å². The van der Waals surface area contributed by atoms with Crippen molar-refractivity contribution in [3.8, 4) is 11.5 Å². The Morgan fingerprint density at radius 2 is 1.52 bits per heavy atom. The number of ether oxygens (including phenoxy) is 2. The van der Waals surface area contributed by atoms with E-state index >= 15 is 0 Å². The van der Waals surface area contributed by atoms with E-state index in [-0.39, 0.29) is 11.9 Å². The van der Waals surface area contributed by atoms with Gasteiger partial charge in [-0.25, -0.2) is 0 Å². The Labute approximate surface area is 176 Å². The Hall–Kier alpha value is -2.79. The molecule has 0 fully saturated rings. The van der Waals surface area contributed by atoms with E-state index in [2.05, 4.69) is 24.4 Å². The van der Waals surface area contributed by atoms with Crippen LogP contribution >= 0.6 is 11.3 Å². The molecule has 29 heavy (non-hydrogen) atoms. The molecule has 0 aliphatic heterocycles. The van der Waals surface area contributed by atoms with Gasteiger partial charge in [0.05, 0.1) is 20.6 Å². The minimum Gasteiger partial charge on any atom is -0.497 e. The van der Waals surface area contributed by atoms with Crippen molar-refractivity contribution < 1.29 is 14.3 Å². The average molecular weight is 410 g/mol.